The zero-order chi connectivity index (χ0) is 13.7. The van der Waals surface area contributed by atoms with Crippen molar-refractivity contribution in [1.29, 1.82) is 0 Å². The Morgan fingerprint density at radius 1 is 1.10 bits per heavy atom. The summed E-state index contributed by atoms with van der Waals surface area (Å²) >= 11 is 3.24. The van der Waals surface area contributed by atoms with Gasteiger partial charge in [-0.3, -0.25) is 0 Å². The molecule has 0 saturated heterocycles. The molecule has 0 amide bonds. The van der Waals surface area contributed by atoms with E-state index in [0.717, 1.165) is 36.8 Å². The minimum absolute atomic E-state index is 0.907. The van der Waals surface area contributed by atoms with Crippen molar-refractivity contribution < 1.29 is 0 Å². The van der Waals surface area contributed by atoms with Gasteiger partial charge in [-0.2, -0.15) is 0 Å². The first-order chi connectivity index (χ1) is 9.74. The van der Waals surface area contributed by atoms with Gasteiger partial charge >= 0.3 is 0 Å². The zero-order valence-electron chi connectivity index (χ0n) is 10.9. The highest BCUT2D eigenvalue weighted by Crippen LogP contribution is 2.38. The molecule has 0 aliphatic heterocycles. The quantitative estimate of drug-likeness (QED) is 0.533. The second-order valence-electron chi connectivity index (χ2n) is 4.60. The molecule has 4 rings (SSSR count). The number of hydrogen-bond donors (Lipinski definition) is 0. The van der Waals surface area contributed by atoms with E-state index in [0.29, 0.717) is 0 Å². The van der Waals surface area contributed by atoms with Crippen LogP contribution in [0.4, 0.5) is 0 Å². The van der Waals surface area contributed by atoms with Crippen molar-refractivity contribution in [3.05, 3.63) is 35.2 Å². The van der Waals surface area contributed by atoms with Crippen molar-refractivity contribution >= 4 is 43.1 Å². The third-order valence-electron chi connectivity index (χ3n) is 3.19. The van der Waals surface area contributed by atoms with Gasteiger partial charge in [-0.25, -0.2) is 19.9 Å². The van der Waals surface area contributed by atoms with Gasteiger partial charge in [-0.05, 0) is 25.5 Å². The van der Waals surface area contributed by atoms with Gasteiger partial charge in [-0.1, -0.05) is 0 Å². The molecule has 20 heavy (non-hydrogen) atoms. The normalized spacial score (nSPS) is 11.5. The number of thiazole rings is 1. The summed E-state index contributed by atoms with van der Waals surface area (Å²) in [5, 5.41) is 4.03. The maximum atomic E-state index is 4.63. The minimum atomic E-state index is 0.907. The fraction of sp³-hybridized carbons (Fsp3) is 0.143. The largest absolute Gasteiger partial charge is 0.243 e. The molecule has 4 aromatic rings. The summed E-state index contributed by atoms with van der Waals surface area (Å²) in [7, 11) is 0. The van der Waals surface area contributed by atoms with Crippen LogP contribution >= 0.6 is 22.7 Å². The third kappa shape index (κ3) is 1.65. The zero-order valence-corrected chi connectivity index (χ0v) is 12.5. The van der Waals surface area contributed by atoms with Crippen LogP contribution in [0.5, 0.6) is 0 Å². The lowest BCUT2D eigenvalue weighted by molar-refractivity contribution is 1.22. The molecule has 0 N–H and O–H groups in total. The van der Waals surface area contributed by atoms with Gasteiger partial charge < -0.3 is 0 Å². The number of pyridine rings is 1. The van der Waals surface area contributed by atoms with Crippen LogP contribution in [0.15, 0.2) is 24.0 Å². The standard InChI is InChI=1S/C14H10N4S2/c1-7-5-8(2)18-13-9(7)10-12(20-13)11(17-6-16-10)14-15-3-4-19-14/h3-6H,1-2H3. The first kappa shape index (κ1) is 11.9. The summed E-state index contributed by atoms with van der Waals surface area (Å²) in [5.74, 6) is 0. The Morgan fingerprint density at radius 2 is 2.00 bits per heavy atom. The van der Waals surface area contributed by atoms with E-state index >= 15 is 0 Å². The minimum Gasteiger partial charge on any atom is -0.243 e. The van der Waals surface area contributed by atoms with E-state index in [2.05, 4.69) is 32.9 Å². The Kier molecular flexibility index (Phi) is 2.55. The molecule has 4 aromatic heterocycles. The van der Waals surface area contributed by atoms with Gasteiger partial charge in [0.25, 0.3) is 0 Å². The monoisotopic (exact) mass is 298 g/mol. The Hall–Kier alpha value is -1.92. The summed E-state index contributed by atoms with van der Waals surface area (Å²) < 4.78 is 1.07. The molecule has 4 heterocycles. The van der Waals surface area contributed by atoms with Crippen LogP contribution in [0, 0.1) is 13.8 Å². The van der Waals surface area contributed by atoms with E-state index in [9.17, 15) is 0 Å². The predicted octanol–water partition coefficient (Wildman–Crippen LogP) is 3.98. The van der Waals surface area contributed by atoms with Crippen molar-refractivity contribution in [1.82, 2.24) is 19.9 Å². The summed E-state index contributed by atoms with van der Waals surface area (Å²) in [6, 6.07) is 2.10. The lowest BCUT2D eigenvalue weighted by atomic mass is 10.1. The SMILES string of the molecule is Cc1cc(C)c2c(n1)sc1c(-c3nccs3)ncnc12. The van der Waals surface area contributed by atoms with Gasteiger partial charge in [0, 0.05) is 22.7 Å². The van der Waals surface area contributed by atoms with E-state index < -0.39 is 0 Å². The summed E-state index contributed by atoms with van der Waals surface area (Å²) in [6.45, 7) is 4.12. The van der Waals surface area contributed by atoms with Crippen molar-refractivity contribution in [2.45, 2.75) is 13.8 Å². The lowest BCUT2D eigenvalue weighted by Crippen LogP contribution is -1.86. The fourth-order valence-electron chi connectivity index (χ4n) is 2.40. The molecule has 0 unspecified atom stereocenters. The van der Waals surface area contributed by atoms with Crippen LogP contribution in [-0.2, 0) is 0 Å². The van der Waals surface area contributed by atoms with E-state index in [4.69, 9.17) is 0 Å². The molecule has 0 bridgehead atoms. The van der Waals surface area contributed by atoms with E-state index in [1.807, 2.05) is 12.3 Å². The van der Waals surface area contributed by atoms with Crippen LogP contribution in [0.1, 0.15) is 11.3 Å². The van der Waals surface area contributed by atoms with Crippen LogP contribution in [0.3, 0.4) is 0 Å². The number of hydrogen-bond acceptors (Lipinski definition) is 6. The van der Waals surface area contributed by atoms with Gasteiger partial charge in [0.2, 0.25) is 0 Å². The molecule has 0 radical (unpaired) electrons. The Bertz CT molecular complexity index is 925. The molecule has 4 nitrogen and oxygen atoms in total. The number of fused-ring (bicyclic) bond motifs is 3. The molecule has 0 aliphatic rings. The third-order valence-corrected chi connectivity index (χ3v) is 5.05. The van der Waals surface area contributed by atoms with E-state index in [1.54, 1.807) is 35.2 Å². The summed E-state index contributed by atoms with van der Waals surface area (Å²) in [4.78, 5) is 18.9. The van der Waals surface area contributed by atoms with Gasteiger partial charge in [0.15, 0.2) is 0 Å². The molecule has 6 heteroatoms. The number of rotatable bonds is 1. The molecule has 0 aliphatic carbocycles. The van der Waals surface area contributed by atoms with Crippen molar-refractivity contribution in [2.75, 3.05) is 0 Å². The van der Waals surface area contributed by atoms with Gasteiger partial charge in [-0.15, -0.1) is 22.7 Å². The molecule has 0 spiro atoms. The first-order valence-electron chi connectivity index (χ1n) is 6.15. The Labute approximate surface area is 123 Å². The average molecular weight is 298 g/mol. The smallest absolute Gasteiger partial charge is 0.143 e. The fourth-order valence-corrected chi connectivity index (χ4v) is 4.35. The van der Waals surface area contributed by atoms with Crippen molar-refractivity contribution in [3.8, 4) is 10.7 Å². The average Bonchev–Trinajstić information content (AvgIpc) is 3.04. The molecule has 98 valence electrons. The van der Waals surface area contributed by atoms with Crippen LogP contribution in [0.2, 0.25) is 0 Å². The van der Waals surface area contributed by atoms with Crippen LogP contribution in [0.25, 0.3) is 31.1 Å². The van der Waals surface area contributed by atoms with Crippen LogP contribution < -0.4 is 0 Å². The Morgan fingerprint density at radius 3 is 2.80 bits per heavy atom. The topological polar surface area (TPSA) is 51.6 Å². The predicted molar refractivity (Wildman–Crippen MR) is 83.3 cm³/mol. The number of aryl methyl sites for hydroxylation is 2. The molecule has 0 fully saturated rings. The second kappa shape index (κ2) is 4.29. The molecular weight excluding hydrogens is 288 g/mol. The maximum absolute atomic E-state index is 4.63. The first-order valence-corrected chi connectivity index (χ1v) is 7.85. The summed E-state index contributed by atoms with van der Waals surface area (Å²) in [6.07, 6.45) is 3.42. The highest BCUT2D eigenvalue weighted by molar-refractivity contribution is 7.26. The molecule has 0 atom stereocenters. The van der Waals surface area contributed by atoms with E-state index in [-0.39, 0.29) is 0 Å². The van der Waals surface area contributed by atoms with E-state index in [1.165, 1.54) is 5.56 Å². The number of aromatic nitrogens is 4. The number of thiophene rings is 1. The van der Waals surface area contributed by atoms with Crippen molar-refractivity contribution in [3.63, 3.8) is 0 Å². The maximum Gasteiger partial charge on any atom is 0.143 e. The van der Waals surface area contributed by atoms with Crippen LogP contribution in [-0.4, -0.2) is 19.9 Å². The van der Waals surface area contributed by atoms with Crippen molar-refractivity contribution in [2.24, 2.45) is 0 Å². The molecule has 0 aromatic carbocycles. The lowest BCUT2D eigenvalue weighted by Gasteiger charge is -1.99. The highest BCUT2D eigenvalue weighted by atomic mass is 32.1. The Balaban J connectivity index is 2.17. The van der Waals surface area contributed by atoms with Gasteiger partial charge in [0.05, 0.1) is 10.2 Å². The number of nitrogens with zero attached hydrogens (tertiary/aromatic N) is 4. The highest BCUT2D eigenvalue weighted by Gasteiger charge is 2.16. The molecular formula is C14H10N4S2. The summed E-state index contributed by atoms with van der Waals surface area (Å²) in [5.41, 5.74) is 4.13. The second-order valence-corrected chi connectivity index (χ2v) is 6.49. The molecule has 0 saturated carbocycles. The van der Waals surface area contributed by atoms with Gasteiger partial charge in [0.1, 0.15) is 21.9 Å².